The van der Waals surface area contributed by atoms with Gasteiger partial charge in [-0.1, -0.05) is 31.8 Å². The standard InChI is InChI=1S/C7H15ClSi.C5H5ClN2O2/c1-7(5-8)6-9(2,3)4;6-2-3-1-4(9)8-5(10)7-3/h1,5-6H2,2-4H3;1H,2H2,(H2,7,8,9,10). The minimum absolute atomic E-state index is 0.138. The number of hydrogen-bond acceptors (Lipinski definition) is 2. The number of aromatic nitrogens is 2. The molecule has 1 aromatic heterocycles. The number of aromatic amines is 2. The van der Waals surface area contributed by atoms with Crippen molar-refractivity contribution in [1.82, 2.24) is 9.97 Å². The van der Waals surface area contributed by atoms with Crippen molar-refractivity contribution in [3.05, 3.63) is 44.8 Å². The highest BCUT2D eigenvalue weighted by atomic mass is 35.5. The van der Waals surface area contributed by atoms with E-state index in [9.17, 15) is 9.59 Å². The summed E-state index contributed by atoms with van der Waals surface area (Å²) in [5, 5.41) is 0. The molecule has 0 amide bonds. The van der Waals surface area contributed by atoms with Crippen molar-refractivity contribution in [2.45, 2.75) is 31.6 Å². The van der Waals surface area contributed by atoms with Gasteiger partial charge in [0, 0.05) is 25.7 Å². The van der Waals surface area contributed by atoms with Crippen LogP contribution in [0.5, 0.6) is 0 Å². The van der Waals surface area contributed by atoms with Gasteiger partial charge >= 0.3 is 5.69 Å². The maximum atomic E-state index is 10.5. The Labute approximate surface area is 123 Å². The largest absolute Gasteiger partial charge is 0.325 e. The summed E-state index contributed by atoms with van der Waals surface area (Å²) in [6.07, 6.45) is 0. The van der Waals surface area contributed by atoms with Gasteiger partial charge in [0.15, 0.2) is 0 Å². The van der Waals surface area contributed by atoms with Gasteiger partial charge in [0.2, 0.25) is 0 Å². The minimum Gasteiger partial charge on any atom is -0.310 e. The first-order chi connectivity index (χ1) is 8.67. The fourth-order valence-corrected chi connectivity index (χ4v) is 3.41. The SMILES string of the molecule is C=C(CCl)C[Si](C)(C)C.O=c1cc(CCl)[nH]c(=O)[nH]1. The number of allylic oxidation sites excluding steroid dienone is 1. The smallest absolute Gasteiger partial charge is 0.310 e. The van der Waals surface area contributed by atoms with Crippen LogP contribution in [-0.4, -0.2) is 23.9 Å². The van der Waals surface area contributed by atoms with E-state index < -0.39 is 19.3 Å². The molecule has 0 aliphatic heterocycles. The van der Waals surface area contributed by atoms with Crippen molar-refractivity contribution in [3.8, 4) is 0 Å². The summed E-state index contributed by atoms with van der Waals surface area (Å²) >= 11 is 10.9. The van der Waals surface area contributed by atoms with Gasteiger partial charge in [0.05, 0.1) is 5.88 Å². The first-order valence-corrected chi connectivity index (χ1v) is 10.6. The molecule has 0 bridgehead atoms. The third kappa shape index (κ3) is 9.75. The maximum Gasteiger partial charge on any atom is 0.325 e. The minimum atomic E-state index is -0.925. The zero-order valence-electron chi connectivity index (χ0n) is 11.5. The molecule has 0 spiro atoms. The zero-order valence-corrected chi connectivity index (χ0v) is 14.0. The van der Waals surface area contributed by atoms with Crippen LogP contribution in [0.4, 0.5) is 0 Å². The lowest BCUT2D eigenvalue weighted by atomic mass is 10.4. The highest BCUT2D eigenvalue weighted by Gasteiger charge is 2.13. The van der Waals surface area contributed by atoms with E-state index >= 15 is 0 Å². The molecule has 0 aliphatic rings. The molecule has 0 radical (unpaired) electrons. The summed E-state index contributed by atoms with van der Waals surface area (Å²) in [5.74, 6) is 0.767. The van der Waals surface area contributed by atoms with Crippen molar-refractivity contribution < 1.29 is 0 Å². The molecule has 0 atom stereocenters. The lowest BCUT2D eigenvalue weighted by Gasteiger charge is -2.15. The van der Waals surface area contributed by atoms with Gasteiger partial charge in [-0.2, -0.15) is 0 Å². The van der Waals surface area contributed by atoms with Crippen LogP contribution in [0.3, 0.4) is 0 Å². The molecular formula is C12H20Cl2N2O2Si. The van der Waals surface area contributed by atoms with Crippen LogP contribution in [0.1, 0.15) is 5.69 Å². The quantitative estimate of drug-likeness (QED) is 0.508. The molecular weight excluding hydrogens is 303 g/mol. The fraction of sp³-hybridized carbons (Fsp3) is 0.500. The Morgan fingerprint density at radius 2 is 1.84 bits per heavy atom. The normalized spacial score (nSPS) is 10.6. The number of nitrogens with one attached hydrogen (secondary N) is 2. The summed E-state index contributed by atoms with van der Waals surface area (Å²) in [6, 6.07) is 2.41. The average Bonchev–Trinajstić information content (AvgIpc) is 2.26. The zero-order chi connectivity index (χ0) is 15.1. The fourth-order valence-electron chi connectivity index (χ4n) is 1.39. The first kappa shape index (κ1) is 18.2. The van der Waals surface area contributed by atoms with Crippen LogP contribution in [0.25, 0.3) is 0 Å². The number of H-pyrrole nitrogens is 2. The van der Waals surface area contributed by atoms with Gasteiger partial charge in [0.25, 0.3) is 5.56 Å². The summed E-state index contributed by atoms with van der Waals surface area (Å²) in [4.78, 5) is 25.4. The summed E-state index contributed by atoms with van der Waals surface area (Å²) in [7, 11) is -0.925. The molecule has 0 aliphatic carbocycles. The molecule has 0 saturated carbocycles. The van der Waals surface area contributed by atoms with Crippen molar-refractivity contribution in [1.29, 1.82) is 0 Å². The second-order valence-electron chi connectivity index (χ2n) is 5.37. The lowest BCUT2D eigenvalue weighted by molar-refractivity contribution is 0.984. The number of hydrogen-bond donors (Lipinski definition) is 2. The van der Waals surface area contributed by atoms with Crippen molar-refractivity contribution >= 4 is 31.3 Å². The Balaban J connectivity index is 0.000000344. The van der Waals surface area contributed by atoms with E-state index in [1.165, 1.54) is 11.6 Å². The van der Waals surface area contributed by atoms with Crippen molar-refractivity contribution in [3.63, 3.8) is 0 Å². The third-order valence-electron chi connectivity index (χ3n) is 1.93. The van der Waals surface area contributed by atoms with Gasteiger partial charge in [0.1, 0.15) is 0 Å². The molecule has 4 nitrogen and oxygen atoms in total. The molecule has 1 rings (SSSR count). The van der Waals surface area contributed by atoms with Gasteiger partial charge < -0.3 is 4.98 Å². The second kappa shape index (κ2) is 8.40. The van der Waals surface area contributed by atoms with Crippen molar-refractivity contribution in [2.24, 2.45) is 0 Å². The molecule has 19 heavy (non-hydrogen) atoms. The molecule has 7 heteroatoms. The number of alkyl halides is 2. The van der Waals surface area contributed by atoms with E-state index in [0.717, 1.165) is 6.04 Å². The summed E-state index contributed by atoms with van der Waals surface area (Å²) in [5.41, 5.74) is 0.661. The van der Waals surface area contributed by atoms with E-state index in [2.05, 4.69) is 31.2 Å². The molecule has 0 saturated heterocycles. The van der Waals surface area contributed by atoms with Gasteiger partial charge in [-0.25, -0.2) is 4.79 Å². The molecule has 1 aromatic rings. The average molecular weight is 323 g/mol. The molecule has 1 heterocycles. The number of halogens is 2. The topological polar surface area (TPSA) is 65.7 Å². The van der Waals surface area contributed by atoms with Crippen LogP contribution < -0.4 is 11.2 Å². The van der Waals surface area contributed by atoms with E-state index in [1.807, 2.05) is 4.98 Å². The molecule has 0 unspecified atom stereocenters. The third-order valence-corrected chi connectivity index (χ3v) is 4.16. The highest BCUT2D eigenvalue weighted by Crippen LogP contribution is 2.14. The van der Waals surface area contributed by atoms with Crippen LogP contribution >= 0.6 is 23.2 Å². The van der Waals surface area contributed by atoms with Crippen LogP contribution in [-0.2, 0) is 5.88 Å². The summed E-state index contributed by atoms with van der Waals surface area (Å²) in [6.45, 7) is 10.8. The van der Waals surface area contributed by atoms with Gasteiger partial charge in [-0.3, -0.25) is 9.78 Å². The Bertz CT molecular complexity index is 489. The summed E-state index contributed by atoms with van der Waals surface area (Å²) < 4.78 is 0. The predicted octanol–water partition coefficient (Wildman–Crippen LogP) is 2.92. The molecule has 2 N–H and O–H groups in total. The van der Waals surface area contributed by atoms with E-state index in [4.69, 9.17) is 23.2 Å². The Morgan fingerprint density at radius 3 is 2.16 bits per heavy atom. The Hall–Kier alpha value is -0.783. The monoisotopic (exact) mass is 322 g/mol. The predicted molar refractivity (Wildman–Crippen MR) is 85.3 cm³/mol. The van der Waals surface area contributed by atoms with Crippen LogP contribution in [0, 0.1) is 0 Å². The highest BCUT2D eigenvalue weighted by molar-refractivity contribution is 6.76. The Morgan fingerprint density at radius 1 is 1.26 bits per heavy atom. The van der Waals surface area contributed by atoms with E-state index in [-0.39, 0.29) is 5.88 Å². The Kier molecular flexibility index (Phi) is 8.05. The van der Waals surface area contributed by atoms with E-state index in [0.29, 0.717) is 11.6 Å². The van der Waals surface area contributed by atoms with Gasteiger partial charge in [-0.05, 0) is 6.04 Å². The number of rotatable bonds is 4. The lowest BCUT2D eigenvalue weighted by Crippen LogP contribution is -2.22. The van der Waals surface area contributed by atoms with Crippen LogP contribution in [0.2, 0.25) is 25.7 Å². The molecule has 108 valence electrons. The first-order valence-electron chi connectivity index (χ1n) is 5.79. The van der Waals surface area contributed by atoms with Gasteiger partial charge in [-0.15, -0.1) is 23.2 Å². The maximum absolute atomic E-state index is 10.5. The van der Waals surface area contributed by atoms with Crippen LogP contribution in [0.15, 0.2) is 27.8 Å². The second-order valence-corrected chi connectivity index (χ2v) is 11.4. The molecule has 0 fully saturated rings. The molecule has 0 aromatic carbocycles. The van der Waals surface area contributed by atoms with E-state index in [1.54, 1.807) is 0 Å². The van der Waals surface area contributed by atoms with Crippen molar-refractivity contribution in [2.75, 3.05) is 5.88 Å².